The number of benzene rings is 2. The van der Waals surface area contributed by atoms with Gasteiger partial charge >= 0.3 is 12.1 Å². The maximum absolute atomic E-state index is 12.9. The number of hydrogen-bond acceptors (Lipinski definition) is 5. The lowest BCUT2D eigenvalue weighted by Gasteiger charge is -2.14. The zero-order valence-corrected chi connectivity index (χ0v) is 18.9. The molecule has 0 fully saturated rings. The maximum atomic E-state index is 12.9. The molecular weight excluding hydrogens is 435 g/mol. The van der Waals surface area contributed by atoms with Crippen molar-refractivity contribution in [2.24, 2.45) is 0 Å². The number of methoxy groups -OCH3 is 1. The van der Waals surface area contributed by atoms with Crippen molar-refractivity contribution in [2.75, 3.05) is 13.7 Å². The Bertz CT molecular complexity index is 1090. The smallest absolute Gasteiger partial charge is 0.416 e. The summed E-state index contributed by atoms with van der Waals surface area (Å²) >= 11 is 0. The Morgan fingerprint density at radius 1 is 1.09 bits per heavy atom. The van der Waals surface area contributed by atoms with Crippen molar-refractivity contribution in [3.8, 4) is 17.2 Å². The number of aromatic nitrogens is 1. The van der Waals surface area contributed by atoms with E-state index in [2.05, 4.69) is 4.98 Å². The van der Waals surface area contributed by atoms with Crippen LogP contribution in [0.25, 0.3) is 11.5 Å². The van der Waals surface area contributed by atoms with Crippen LogP contribution in [-0.4, -0.2) is 24.7 Å². The fraction of sp³-hybridized carbons (Fsp3) is 0.360. The van der Waals surface area contributed by atoms with Crippen LogP contribution in [0.3, 0.4) is 0 Å². The molecule has 1 heterocycles. The summed E-state index contributed by atoms with van der Waals surface area (Å²) in [4.78, 5) is 16.0. The summed E-state index contributed by atoms with van der Waals surface area (Å²) in [5.74, 6) is 1.07. The van der Waals surface area contributed by atoms with Gasteiger partial charge in [-0.2, -0.15) is 13.2 Å². The standard InChI is InChI=1S/C25H26F3NO4/c1-15(2)22-23(33-24(29-22)18-8-10-19(11-9-18)25(26,27)28)16(3)14-32-20-7-5-6-17(12-20)13-21(30)31-4/h5-12,15-16H,13-14H2,1-4H3. The highest BCUT2D eigenvalue weighted by Crippen LogP contribution is 2.34. The second-order valence-electron chi connectivity index (χ2n) is 8.11. The lowest BCUT2D eigenvalue weighted by Crippen LogP contribution is -2.09. The third-order valence-corrected chi connectivity index (χ3v) is 5.11. The molecule has 0 bridgehead atoms. The van der Waals surface area contributed by atoms with Crippen molar-refractivity contribution in [3.63, 3.8) is 0 Å². The van der Waals surface area contributed by atoms with Crippen LogP contribution in [0.1, 0.15) is 55.2 Å². The van der Waals surface area contributed by atoms with Crippen molar-refractivity contribution in [2.45, 2.75) is 45.2 Å². The summed E-state index contributed by atoms with van der Waals surface area (Å²) in [6, 6.07) is 11.9. The van der Waals surface area contributed by atoms with Crippen LogP contribution in [0.4, 0.5) is 13.2 Å². The molecule has 3 rings (SSSR count). The van der Waals surface area contributed by atoms with Gasteiger partial charge in [-0.1, -0.05) is 32.9 Å². The molecule has 0 spiro atoms. The summed E-state index contributed by atoms with van der Waals surface area (Å²) in [5, 5.41) is 0. The van der Waals surface area contributed by atoms with E-state index < -0.39 is 11.7 Å². The van der Waals surface area contributed by atoms with Gasteiger partial charge in [-0.15, -0.1) is 0 Å². The van der Waals surface area contributed by atoms with Crippen LogP contribution in [0.15, 0.2) is 52.9 Å². The zero-order chi connectivity index (χ0) is 24.2. The third kappa shape index (κ3) is 6.15. The number of halogens is 3. The lowest BCUT2D eigenvalue weighted by molar-refractivity contribution is -0.140. The van der Waals surface area contributed by atoms with Crippen molar-refractivity contribution >= 4 is 5.97 Å². The Hall–Kier alpha value is -3.29. The Kier molecular flexibility index (Phi) is 7.46. The van der Waals surface area contributed by atoms with Gasteiger partial charge in [0.25, 0.3) is 0 Å². The summed E-state index contributed by atoms with van der Waals surface area (Å²) in [6.45, 7) is 6.17. The Morgan fingerprint density at radius 3 is 2.39 bits per heavy atom. The number of nitrogens with zero attached hydrogens (tertiary/aromatic N) is 1. The molecule has 0 radical (unpaired) electrons. The molecule has 0 N–H and O–H groups in total. The van der Waals surface area contributed by atoms with Crippen molar-refractivity contribution in [1.29, 1.82) is 0 Å². The predicted molar refractivity (Wildman–Crippen MR) is 117 cm³/mol. The first-order chi connectivity index (χ1) is 15.6. The van der Waals surface area contributed by atoms with Crippen LogP contribution in [0, 0.1) is 0 Å². The van der Waals surface area contributed by atoms with Gasteiger partial charge in [-0.05, 0) is 47.9 Å². The Balaban J connectivity index is 1.76. The first-order valence-corrected chi connectivity index (χ1v) is 10.5. The van der Waals surface area contributed by atoms with E-state index in [1.54, 1.807) is 18.2 Å². The number of hydrogen-bond donors (Lipinski definition) is 0. The maximum Gasteiger partial charge on any atom is 0.416 e. The largest absolute Gasteiger partial charge is 0.493 e. The normalized spacial score (nSPS) is 12.6. The van der Waals surface area contributed by atoms with E-state index in [4.69, 9.17) is 13.9 Å². The van der Waals surface area contributed by atoms with Gasteiger partial charge in [0.1, 0.15) is 11.5 Å². The highest BCUT2D eigenvalue weighted by Gasteiger charge is 2.30. The highest BCUT2D eigenvalue weighted by molar-refractivity contribution is 5.72. The fourth-order valence-electron chi connectivity index (χ4n) is 3.32. The Morgan fingerprint density at radius 2 is 1.79 bits per heavy atom. The average molecular weight is 461 g/mol. The van der Waals surface area contributed by atoms with Crippen LogP contribution in [0.5, 0.6) is 5.75 Å². The minimum absolute atomic E-state index is 0.0535. The monoisotopic (exact) mass is 461 g/mol. The molecule has 3 aromatic rings. The van der Waals surface area contributed by atoms with E-state index in [1.807, 2.05) is 26.8 Å². The molecule has 0 amide bonds. The SMILES string of the molecule is COC(=O)Cc1cccc(OCC(C)c2oc(-c3ccc(C(F)(F)F)cc3)nc2C(C)C)c1. The summed E-state index contributed by atoms with van der Waals surface area (Å²) in [5.41, 5.74) is 1.26. The molecule has 0 saturated heterocycles. The number of carbonyl (C=O) groups is 1. The minimum atomic E-state index is -4.40. The number of carbonyl (C=O) groups excluding carboxylic acids is 1. The molecule has 8 heteroatoms. The third-order valence-electron chi connectivity index (χ3n) is 5.11. The molecular formula is C25H26F3NO4. The summed E-state index contributed by atoms with van der Waals surface area (Å²) in [7, 11) is 1.34. The molecule has 1 atom stereocenters. The van der Waals surface area contributed by atoms with Gasteiger partial charge in [0, 0.05) is 5.56 Å². The van der Waals surface area contributed by atoms with Crippen LogP contribution in [0.2, 0.25) is 0 Å². The number of oxazole rings is 1. The lowest BCUT2D eigenvalue weighted by atomic mass is 10.0. The first-order valence-electron chi connectivity index (χ1n) is 10.5. The fourth-order valence-corrected chi connectivity index (χ4v) is 3.32. The van der Waals surface area contributed by atoms with Gasteiger partial charge in [0.05, 0.1) is 37.3 Å². The van der Waals surface area contributed by atoms with E-state index >= 15 is 0 Å². The molecule has 1 aromatic heterocycles. The Labute approximate surface area is 190 Å². The molecule has 0 aliphatic rings. The van der Waals surface area contributed by atoms with Crippen molar-refractivity contribution in [3.05, 3.63) is 71.1 Å². The first kappa shape index (κ1) is 24.4. The van der Waals surface area contributed by atoms with Gasteiger partial charge in [0.15, 0.2) is 0 Å². The summed E-state index contributed by atoms with van der Waals surface area (Å²) < 4.78 is 55.2. The minimum Gasteiger partial charge on any atom is -0.493 e. The zero-order valence-electron chi connectivity index (χ0n) is 18.9. The van der Waals surface area contributed by atoms with Crippen molar-refractivity contribution in [1.82, 2.24) is 4.98 Å². The van der Waals surface area contributed by atoms with Crippen molar-refractivity contribution < 1.29 is 31.9 Å². The number of alkyl halides is 3. The molecule has 2 aromatic carbocycles. The quantitative estimate of drug-likeness (QED) is 0.364. The van der Waals surface area contributed by atoms with Gasteiger partial charge in [0.2, 0.25) is 5.89 Å². The molecule has 0 aliphatic carbocycles. The van der Waals surface area contributed by atoms with E-state index in [9.17, 15) is 18.0 Å². The number of rotatable bonds is 8. The second kappa shape index (κ2) is 10.1. The van der Waals surface area contributed by atoms with Gasteiger partial charge in [-0.3, -0.25) is 4.79 Å². The van der Waals surface area contributed by atoms with E-state index in [0.29, 0.717) is 23.7 Å². The van der Waals surface area contributed by atoms with Crippen LogP contribution < -0.4 is 4.74 Å². The average Bonchev–Trinajstić information content (AvgIpc) is 3.23. The second-order valence-corrected chi connectivity index (χ2v) is 8.11. The van der Waals surface area contributed by atoms with E-state index in [1.165, 1.54) is 19.2 Å². The van der Waals surface area contributed by atoms with E-state index in [0.717, 1.165) is 23.4 Å². The predicted octanol–water partition coefficient (Wildman–Crippen LogP) is 6.38. The van der Waals surface area contributed by atoms with Gasteiger partial charge in [-0.25, -0.2) is 4.98 Å². The molecule has 0 saturated carbocycles. The topological polar surface area (TPSA) is 61.6 Å². The molecule has 5 nitrogen and oxygen atoms in total. The van der Waals surface area contributed by atoms with E-state index in [-0.39, 0.29) is 30.1 Å². The molecule has 1 unspecified atom stereocenters. The number of ether oxygens (including phenoxy) is 2. The molecule has 176 valence electrons. The van der Waals surface area contributed by atoms with Crippen LogP contribution in [-0.2, 0) is 22.1 Å². The summed E-state index contributed by atoms with van der Waals surface area (Å²) in [6.07, 6.45) is -4.25. The van der Waals surface area contributed by atoms with Crippen LogP contribution >= 0.6 is 0 Å². The number of esters is 1. The highest BCUT2D eigenvalue weighted by atomic mass is 19.4. The molecule has 0 aliphatic heterocycles. The van der Waals surface area contributed by atoms with Gasteiger partial charge < -0.3 is 13.9 Å². The molecule has 33 heavy (non-hydrogen) atoms.